The minimum absolute atomic E-state index is 0.133. The molecule has 0 N–H and O–H groups in total. The number of rotatable bonds is 1. The average Bonchev–Trinajstić information content (AvgIpc) is 2.43. The van der Waals surface area contributed by atoms with Crippen molar-refractivity contribution in [2.75, 3.05) is 0 Å². The first-order chi connectivity index (χ1) is 7.06. The molecule has 0 bridgehead atoms. The van der Waals surface area contributed by atoms with Crippen LogP contribution < -0.4 is 5.69 Å². The van der Waals surface area contributed by atoms with Crippen LogP contribution in [0.2, 0.25) is 0 Å². The zero-order valence-electron chi connectivity index (χ0n) is 8.32. The number of carbonyl (C=O) groups excluding carboxylic acids is 1. The van der Waals surface area contributed by atoms with Gasteiger partial charge in [-0.3, -0.25) is 13.9 Å². The summed E-state index contributed by atoms with van der Waals surface area (Å²) in [6, 6.07) is 3.53. The lowest BCUT2D eigenvalue weighted by molar-refractivity contribution is 0.112. The number of hydrogen-bond acceptors (Lipinski definition) is 2. The predicted molar refractivity (Wildman–Crippen MR) is 61.2 cm³/mol. The summed E-state index contributed by atoms with van der Waals surface area (Å²) in [5.41, 5.74) is 1.80. The van der Waals surface area contributed by atoms with Gasteiger partial charge in [-0.2, -0.15) is 0 Å². The lowest BCUT2D eigenvalue weighted by atomic mass is 10.2. The van der Waals surface area contributed by atoms with Gasteiger partial charge in [-0.05, 0) is 12.1 Å². The fourth-order valence-electron chi connectivity index (χ4n) is 1.74. The van der Waals surface area contributed by atoms with Crippen LogP contribution in [0.25, 0.3) is 11.0 Å². The van der Waals surface area contributed by atoms with E-state index in [-0.39, 0.29) is 5.69 Å². The molecule has 0 radical (unpaired) electrons. The third-order valence-corrected chi connectivity index (χ3v) is 2.94. The summed E-state index contributed by atoms with van der Waals surface area (Å²) in [7, 11) is 3.34. The second-order valence-electron chi connectivity index (χ2n) is 3.38. The fourth-order valence-corrected chi connectivity index (χ4v) is 2.20. The summed E-state index contributed by atoms with van der Waals surface area (Å²) in [5.74, 6) is 0. The summed E-state index contributed by atoms with van der Waals surface area (Å²) >= 11 is 3.31. The van der Waals surface area contributed by atoms with Gasteiger partial charge in [-0.25, -0.2) is 4.79 Å². The number of aldehydes is 1. The monoisotopic (exact) mass is 268 g/mol. The van der Waals surface area contributed by atoms with E-state index in [0.717, 1.165) is 16.3 Å². The van der Waals surface area contributed by atoms with Gasteiger partial charge in [0.1, 0.15) is 0 Å². The lowest BCUT2D eigenvalue weighted by Crippen LogP contribution is -2.19. The summed E-state index contributed by atoms with van der Waals surface area (Å²) in [5, 5.41) is 0. The van der Waals surface area contributed by atoms with Crippen molar-refractivity contribution in [2.24, 2.45) is 14.1 Å². The molecular formula is C10H9BrN2O2. The van der Waals surface area contributed by atoms with Crippen LogP contribution in [0.15, 0.2) is 21.4 Å². The molecule has 15 heavy (non-hydrogen) atoms. The van der Waals surface area contributed by atoms with Crippen LogP contribution in [-0.4, -0.2) is 15.4 Å². The lowest BCUT2D eigenvalue weighted by Gasteiger charge is -1.99. The first-order valence-electron chi connectivity index (χ1n) is 4.36. The highest BCUT2D eigenvalue weighted by Gasteiger charge is 2.12. The van der Waals surface area contributed by atoms with E-state index < -0.39 is 0 Å². The summed E-state index contributed by atoms with van der Waals surface area (Å²) in [4.78, 5) is 22.6. The number of fused-ring (bicyclic) bond motifs is 1. The molecule has 5 heteroatoms. The molecule has 4 nitrogen and oxygen atoms in total. The third-order valence-electron chi connectivity index (χ3n) is 2.48. The standard InChI is InChI=1S/C10H9BrN2O2/c1-12-8-4-7(11)3-6(5-14)9(8)13(2)10(12)15/h3-5H,1-2H3. The Morgan fingerprint density at radius 3 is 2.53 bits per heavy atom. The molecule has 0 saturated heterocycles. The van der Waals surface area contributed by atoms with Crippen molar-refractivity contribution < 1.29 is 4.79 Å². The molecule has 0 atom stereocenters. The molecule has 1 heterocycles. The molecule has 0 unspecified atom stereocenters. The molecule has 0 aliphatic carbocycles. The quantitative estimate of drug-likeness (QED) is 0.735. The van der Waals surface area contributed by atoms with Crippen molar-refractivity contribution in [3.63, 3.8) is 0 Å². The number of benzene rings is 1. The van der Waals surface area contributed by atoms with Crippen molar-refractivity contribution >= 4 is 33.2 Å². The van der Waals surface area contributed by atoms with Crippen molar-refractivity contribution in [2.45, 2.75) is 0 Å². The van der Waals surface area contributed by atoms with Gasteiger partial charge in [-0.15, -0.1) is 0 Å². The Morgan fingerprint density at radius 1 is 1.27 bits per heavy atom. The van der Waals surface area contributed by atoms with Crippen LogP contribution in [-0.2, 0) is 14.1 Å². The molecule has 2 aromatic rings. The second kappa shape index (κ2) is 3.34. The van der Waals surface area contributed by atoms with Crippen molar-refractivity contribution in [1.82, 2.24) is 9.13 Å². The Kier molecular flexibility index (Phi) is 2.26. The minimum atomic E-state index is -0.133. The van der Waals surface area contributed by atoms with E-state index in [0.29, 0.717) is 11.1 Å². The molecule has 0 spiro atoms. The van der Waals surface area contributed by atoms with Crippen LogP contribution in [0.1, 0.15) is 10.4 Å². The molecule has 78 valence electrons. The van der Waals surface area contributed by atoms with Crippen LogP contribution in [0.5, 0.6) is 0 Å². The maximum atomic E-state index is 11.7. The zero-order valence-corrected chi connectivity index (χ0v) is 9.91. The molecule has 0 fully saturated rings. The topological polar surface area (TPSA) is 44.0 Å². The van der Waals surface area contributed by atoms with Gasteiger partial charge in [0, 0.05) is 24.1 Å². The number of aromatic nitrogens is 2. The molecule has 0 aliphatic rings. The van der Waals surface area contributed by atoms with E-state index in [9.17, 15) is 9.59 Å². The van der Waals surface area contributed by atoms with E-state index in [1.165, 1.54) is 9.13 Å². The first-order valence-corrected chi connectivity index (χ1v) is 5.15. The Balaban J connectivity index is 3.10. The zero-order chi connectivity index (χ0) is 11.2. The van der Waals surface area contributed by atoms with Crippen molar-refractivity contribution in [1.29, 1.82) is 0 Å². The number of hydrogen-bond donors (Lipinski definition) is 0. The maximum Gasteiger partial charge on any atom is 0.328 e. The average molecular weight is 269 g/mol. The Labute approximate surface area is 94.2 Å². The van der Waals surface area contributed by atoms with E-state index in [1.807, 2.05) is 6.07 Å². The van der Waals surface area contributed by atoms with Crippen molar-refractivity contribution in [3.05, 3.63) is 32.7 Å². The van der Waals surface area contributed by atoms with Crippen LogP contribution >= 0.6 is 15.9 Å². The van der Waals surface area contributed by atoms with Gasteiger partial charge < -0.3 is 0 Å². The van der Waals surface area contributed by atoms with Gasteiger partial charge in [-0.1, -0.05) is 15.9 Å². The minimum Gasteiger partial charge on any atom is -0.298 e. The largest absolute Gasteiger partial charge is 0.328 e. The summed E-state index contributed by atoms with van der Waals surface area (Å²) < 4.78 is 3.79. The van der Waals surface area contributed by atoms with E-state index >= 15 is 0 Å². The smallest absolute Gasteiger partial charge is 0.298 e. The Bertz CT molecular complexity index is 610. The van der Waals surface area contributed by atoms with Crippen LogP contribution in [0.3, 0.4) is 0 Å². The molecule has 1 aromatic heterocycles. The molecule has 0 saturated carbocycles. The summed E-state index contributed by atoms with van der Waals surface area (Å²) in [6.07, 6.45) is 0.756. The fraction of sp³-hybridized carbons (Fsp3) is 0.200. The summed E-state index contributed by atoms with van der Waals surface area (Å²) in [6.45, 7) is 0. The van der Waals surface area contributed by atoms with Gasteiger partial charge in [0.15, 0.2) is 6.29 Å². The molecule has 0 aliphatic heterocycles. The van der Waals surface area contributed by atoms with Gasteiger partial charge in [0.25, 0.3) is 0 Å². The van der Waals surface area contributed by atoms with Crippen LogP contribution in [0, 0.1) is 0 Å². The van der Waals surface area contributed by atoms with Gasteiger partial charge in [0.2, 0.25) is 0 Å². The van der Waals surface area contributed by atoms with Crippen LogP contribution in [0.4, 0.5) is 0 Å². The number of halogens is 1. The SMILES string of the molecule is Cn1c(=O)n(C)c2c(C=O)cc(Br)cc21. The first kappa shape index (κ1) is 10.2. The van der Waals surface area contributed by atoms with E-state index in [2.05, 4.69) is 15.9 Å². The molecule has 1 aromatic carbocycles. The molecule has 2 rings (SSSR count). The van der Waals surface area contributed by atoms with E-state index in [4.69, 9.17) is 0 Å². The third kappa shape index (κ3) is 1.34. The maximum absolute atomic E-state index is 11.7. The van der Waals surface area contributed by atoms with Gasteiger partial charge >= 0.3 is 5.69 Å². The Morgan fingerprint density at radius 2 is 1.93 bits per heavy atom. The molecule has 0 amide bonds. The van der Waals surface area contributed by atoms with Crippen molar-refractivity contribution in [3.8, 4) is 0 Å². The highest BCUT2D eigenvalue weighted by Crippen LogP contribution is 2.21. The number of aryl methyl sites for hydroxylation is 2. The highest BCUT2D eigenvalue weighted by molar-refractivity contribution is 9.10. The number of imidazole rings is 1. The van der Waals surface area contributed by atoms with Gasteiger partial charge in [0.05, 0.1) is 11.0 Å². The Hall–Kier alpha value is -1.36. The normalized spacial score (nSPS) is 10.9. The second-order valence-corrected chi connectivity index (χ2v) is 4.30. The number of nitrogens with zero attached hydrogens (tertiary/aromatic N) is 2. The predicted octanol–water partition coefficient (Wildman–Crippen LogP) is 1.45. The molecular weight excluding hydrogens is 260 g/mol. The van der Waals surface area contributed by atoms with E-state index in [1.54, 1.807) is 20.2 Å². The number of carbonyl (C=O) groups is 1. The highest BCUT2D eigenvalue weighted by atomic mass is 79.9.